The summed E-state index contributed by atoms with van der Waals surface area (Å²) in [6.45, 7) is 3.78. The summed E-state index contributed by atoms with van der Waals surface area (Å²) in [7, 11) is 0. The molecule has 1 heterocycles. The van der Waals surface area contributed by atoms with Gasteiger partial charge in [-0.1, -0.05) is 17.3 Å². The van der Waals surface area contributed by atoms with Crippen LogP contribution in [0, 0.1) is 19.8 Å². The van der Waals surface area contributed by atoms with Crippen molar-refractivity contribution in [2.75, 3.05) is 0 Å². The first-order chi connectivity index (χ1) is 12.0. The van der Waals surface area contributed by atoms with Crippen molar-refractivity contribution in [1.29, 1.82) is 0 Å². The molecule has 1 aromatic carbocycles. The van der Waals surface area contributed by atoms with Gasteiger partial charge in [0, 0.05) is 22.3 Å². The molecule has 7 heteroatoms. The first-order valence-electron chi connectivity index (χ1n) is 8.13. The molecule has 25 heavy (non-hydrogen) atoms. The van der Waals surface area contributed by atoms with E-state index < -0.39 is 5.97 Å². The zero-order valence-corrected chi connectivity index (χ0v) is 14.9. The highest BCUT2D eigenvalue weighted by Crippen LogP contribution is 2.30. The molecule has 0 spiro atoms. The van der Waals surface area contributed by atoms with Gasteiger partial charge in [-0.3, -0.25) is 9.59 Å². The number of aliphatic carboxylic acids is 1. The minimum absolute atomic E-state index is 0.0609. The van der Waals surface area contributed by atoms with E-state index >= 15 is 0 Å². The molecule has 1 fully saturated rings. The second-order valence-electron chi connectivity index (χ2n) is 6.26. The second-order valence-corrected chi connectivity index (χ2v) is 7.28. The van der Waals surface area contributed by atoms with Gasteiger partial charge in [-0.15, -0.1) is 11.8 Å². The van der Waals surface area contributed by atoms with E-state index in [0.29, 0.717) is 24.2 Å². The molecular formula is C18H20N2O4S. The molecule has 1 aliphatic carbocycles. The molecule has 0 bridgehead atoms. The van der Waals surface area contributed by atoms with Crippen LogP contribution in [0.5, 0.6) is 0 Å². The van der Waals surface area contributed by atoms with Crippen molar-refractivity contribution in [3.05, 3.63) is 46.8 Å². The topological polar surface area (TPSA) is 92.4 Å². The normalized spacial score (nSPS) is 19.3. The lowest BCUT2D eigenvalue weighted by Crippen LogP contribution is -2.46. The summed E-state index contributed by atoms with van der Waals surface area (Å²) in [5.41, 5.74) is 2.52. The highest BCUT2D eigenvalue weighted by Gasteiger charge is 2.35. The Labute approximate surface area is 150 Å². The Hall–Kier alpha value is -2.28. The van der Waals surface area contributed by atoms with Gasteiger partial charge in [0.1, 0.15) is 5.76 Å². The van der Waals surface area contributed by atoms with E-state index in [1.807, 2.05) is 32.0 Å². The maximum Gasteiger partial charge on any atom is 0.306 e. The Balaban J connectivity index is 1.64. The summed E-state index contributed by atoms with van der Waals surface area (Å²) in [6.07, 6.45) is 0.991. The van der Waals surface area contributed by atoms with Gasteiger partial charge >= 0.3 is 5.97 Å². The van der Waals surface area contributed by atoms with Crippen LogP contribution in [0.15, 0.2) is 33.7 Å². The summed E-state index contributed by atoms with van der Waals surface area (Å²) in [5, 5.41) is 15.8. The summed E-state index contributed by atoms with van der Waals surface area (Å²) in [4.78, 5) is 24.3. The minimum atomic E-state index is -0.791. The number of aryl methyl sites for hydroxylation is 2. The fourth-order valence-corrected chi connectivity index (χ4v) is 4.04. The number of thioether (sulfide) groups is 1. The van der Waals surface area contributed by atoms with E-state index in [9.17, 15) is 9.59 Å². The molecule has 0 atom stereocenters. The Morgan fingerprint density at radius 2 is 2.04 bits per heavy atom. The van der Waals surface area contributed by atoms with Crippen LogP contribution < -0.4 is 5.32 Å². The van der Waals surface area contributed by atoms with Crippen molar-refractivity contribution in [2.24, 2.45) is 5.92 Å². The van der Waals surface area contributed by atoms with E-state index in [-0.39, 0.29) is 17.9 Å². The number of rotatable bonds is 6. The summed E-state index contributed by atoms with van der Waals surface area (Å²) in [6, 6.07) is 7.37. The molecule has 1 aliphatic rings. The molecule has 0 saturated heterocycles. The van der Waals surface area contributed by atoms with Crippen LogP contribution in [0.3, 0.4) is 0 Å². The van der Waals surface area contributed by atoms with Crippen LogP contribution in [-0.4, -0.2) is 28.2 Å². The van der Waals surface area contributed by atoms with Crippen molar-refractivity contribution < 1.29 is 19.2 Å². The fraction of sp³-hybridized carbons (Fsp3) is 0.389. The lowest BCUT2D eigenvalue weighted by Gasteiger charge is -2.33. The van der Waals surface area contributed by atoms with E-state index in [1.54, 1.807) is 17.8 Å². The monoisotopic (exact) mass is 360 g/mol. The number of nitrogens with zero attached hydrogens (tertiary/aromatic N) is 1. The average Bonchev–Trinajstić information content (AvgIpc) is 2.86. The molecule has 0 radical (unpaired) electrons. The Kier molecular flexibility index (Phi) is 5.13. The molecule has 3 rings (SSSR count). The molecule has 1 amide bonds. The van der Waals surface area contributed by atoms with Gasteiger partial charge in [-0.25, -0.2) is 0 Å². The predicted octanol–water partition coefficient (Wildman–Crippen LogP) is 3.18. The van der Waals surface area contributed by atoms with Crippen LogP contribution in [0.4, 0.5) is 0 Å². The maximum absolute atomic E-state index is 12.5. The largest absolute Gasteiger partial charge is 0.481 e. The maximum atomic E-state index is 12.5. The molecule has 2 aromatic rings. The lowest BCUT2D eigenvalue weighted by atomic mass is 9.80. The highest BCUT2D eigenvalue weighted by atomic mass is 32.2. The third kappa shape index (κ3) is 3.87. The number of hydrogen-bond acceptors (Lipinski definition) is 5. The number of amides is 1. The Morgan fingerprint density at radius 3 is 2.68 bits per heavy atom. The number of carbonyl (C=O) groups excluding carboxylic acids is 1. The fourth-order valence-electron chi connectivity index (χ4n) is 2.84. The van der Waals surface area contributed by atoms with Crippen molar-refractivity contribution in [1.82, 2.24) is 10.5 Å². The van der Waals surface area contributed by atoms with Crippen molar-refractivity contribution in [2.45, 2.75) is 43.4 Å². The zero-order chi connectivity index (χ0) is 18.0. The lowest BCUT2D eigenvalue weighted by molar-refractivity contribution is -0.145. The van der Waals surface area contributed by atoms with Crippen molar-refractivity contribution in [3.8, 4) is 0 Å². The molecule has 1 saturated carbocycles. The second kappa shape index (κ2) is 7.31. The molecule has 0 aliphatic heterocycles. The molecule has 0 unspecified atom stereocenters. The van der Waals surface area contributed by atoms with Gasteiger partial charge < -0.3 is 14.9 Å². The van der Waals surface area contributed by atoms with Crippen molar-refractivity contribution >= 4 is 23.6 Å². The van der Waals surface area contributed by atoms with Crippen LogP contribution in [-0.2, 0) is 10.5 Å². The summed E-state index contributed by atoms with van der Waals surface area (Å²) >= 11 is 1.56. The number of carbonyl (C=O) groups is 2. The molecule has 6 nitrogen and oxygen atoms in total. The number of benzene rings is 1. The number of carboxylic acids is 1. The van der Waals surface area contributed by atoms with Gasteiger partial charge in [-0.05, 0) is 38.8 Å². The molecule has 132 valence electrons. The van der Waals surface area contributed by atoms with Crippen LogP contribution in [0.2, 0.25) is 0 Å². The number of carboxylic acid groups (broad SMARTS) is 1. The van der Waals surface area contributed by atoms with E-state index in [2.05, 4.69) is 10.5 Å². The number of nitrogens with one attached hydrogen (secondary N) is 1. The van der Waals surface area contributed by atoms with Gasteiger partial charge in [0.25, 0.3) is 5.91 Å². The van der Waals surface area contributed by atoms with Crippen molar-refractivity contribution in [3.63, 3.8) is 0 Å². The molecule has 2 N–H and O–H groups in total. The van der Waals surface area contributed by atoms with E-state index in [0.717, 1.165) is 21.9 Å². The smallest absolute Gasteiger partial charge is 0.306 e. The van der Waals surface area contributed by atoms with Gasteiger partial charge in [-0.2, -0.15) is 0 Å². The third-order valence-electron chi connectivity index (χ3n) is 4.51. The Bertz CT molecular complexity index is 777. The summed E-state index contributed by atoms with van der Waals surface area (Å²) < 4.78 is 5.17. The van der Waals surface area contributed by atoms with Crippen LogP contribution in [0.1, 0.15) is 40.2 Å². The van der Waals surface area contributed by atoms with Crippen LogP contribution in [0.25, 0.3) is 0 Å². The predicted molar refractivity (Wildman–Crippen MR) is 93.6 cm³/mol. The van der Waals surface area contributed by atoms with E-state index in [4.69, 9.17) is 9.63 Å². The van der Waals surface area contributed by atoms with Crippen LogP contribution >= 0.6 is 11.8 Å². The first-order valence-corrected chi connectivity index (χ1v) is 9.11. The first kappa shape index (κ1) is 17.5. The third-order valence-corrected chi connectivity index (χ3v) is 5.61. The zero-order valence-electron chi connectivity index (χ0n) is 14.1. The van der Waals surface area contributed by atoms with Gasteiger partial charge in [0.2, 0.25) is 0 Å². The SMILES string of the molecule is Cc1noc(C)c1CSc1ccccc1C(=O)NC1CC(C(=O)O)C1. The molecular weight excluding hydrogens is 340 g/mol. The van der Waals surface area contributed by atoms with Gasteiger partial charge in [0.15, 0.2) is 0 Å². The Morgan fingerprint density at radius 1 is 1.32 bits per heavy atom. The van der Waals surface area contributed by atoms with E-state index in [1.165, 1.54) is 0 Å². The summed E-state index contributed by atoms with van der Waals surface area (Å²) in [5.74, 6) is 0.183. The standard InChI is InChI=1S/C18H20N2O4S/c1-10-15(11(2)24-20-10)9-25-16-6-4-3-5-14(16)17(21)19-13-7-12(8-13)18(22)23/h3-6,12-13H,7-9H2,1-2H3,(H,19,21)(H,22,23). The minimum Gasteiger partial charge on any atom is -0.481 e. The number of aromatic nitrogens is 1. The molecule has 1 aromatic heterocycles. The van der Waals surface area contributed by atoms with Gasteiger partial charge in [0.05, 0.1) is 17.2 Å². The quantitative estimate of drug-likeness (QED) is 0.769. The highest BCUT2D eigenvalue weighted by molar-refractivity contribution is 7.98. The number of hydrogen-bond donors (Lipinski definition) is 2. The average molecular weight is 360 g/mol.